The van der Waals surface area contributed by atoms with Crippen LogP contribution in [0.3, 0.4) is 0 Å². The Kier molecular flexibility index (Phi) is 5.21. The number of benzene rings is 1. The van der Waals surface area contributed by atoms with Gasteiger partial charge in [-0.3, -0.25) is 19.8 Å². The van der Waals surface area contributed by atoms with Crippen molar-refractivity contribution in [2.24, 2.45) is 0 Å². The monoisotopic (exact) mass is 405 g/mol. The molecule has 8 nitrogen and oxygen atoms in total. The van der Waals surface area contributed by atoms with Crippen molar-refractivity contribution in [3.05, 3.63) is 78.0 Å². The second kappa shape index (κ2) is 8.12. The molecule has 0 unspecified atom stereocenters. The lowest BCUT2D eigenvalue weighted by molar-refractivity contribution is -0.130. The Morgan fingerprint density at radius 3 is 2.67 bits per heavy atom. The normalized spacial score (nSPS) is 15.6. The van der Waals surface area contributed by atoms with E-state index in [1.165, 1.54) is 12.3 Å². The second-order valence-electron chi connectivity index (χ2n) is 6.49. The summed E-state index contributed by atoms with van der Waals surface area (Å²) in [6.45, 7) is 2.32. The quantitative estimate of drug-likeness (QED) is 0.502. The molecule has 0 bridgehead atoms. The van der Waals surface area contributed by atoms with Crippen molar-refractivity contribution in [1.82, 2.24) is 14.8 Å². The molecule has 1 aliphatic heterocycles. The van der Waals surface area contributed by atoms with Crippen LogP contribution >= 0.6 is 0 Å². The molecule has 3 heterocycles. The summed E-state index contributed by atoms with van der Waals surface area (Å²) in [6, 6.07) is 13.6. The summed E-state index contributed by atoms with van der Waals surface area (Å²) in [6.07, 6.45) is 4.72. The maximum Gasteiger partial charge on any atom is 0.331 e. The predicted octanol–water partition coefficient (Wildman–Crippen LogP) is 3.13. The van der Waals surface area contributed by atoms with Gasteiger partial charge in [0.2, 0.25) is 0 Å². The molecule has 0 saturated carbocycles. The first-order chi connectivity index (χ1) is 14.6. The highest BCUT2D eigenvalue weighted by Gasteiger charge is 2.36. The molecule has 1 aromatic carbocycles. The minimum absolute atomic E-state index is 0.0729. The lowest BCUT2D eigenvalue weighted by atomic mass is 10.1. The first-order valence-electron chi connectivity index (χ1n) is 9.39. The summed E-state index contributed by atoms with van der Waals surface area (Å²) in [5.74, 6) is -0.330. The molecule has 2 aromatic heterocycles. The lowest BCUT2D eigenvalue weighted by Crippen LogP contribution is -2.53. The lowest BCUT2D eigenvalue weighted by Gasteiger charge is -2.25. The number of carbonyl (C=O) groups excluding carboxylic acids is 3. The molecule has 1 N–H and O–H groups in total. The van der Waals surface area contributed by atoms with Gasteiger partial charge in [0.15, 0.2) is 0 Å². The Labute approximate surface area is 172 Å². The van der Waals surface area contributed by atoms with Crippen molar-refractivity contribution in [3.63, 3.8) is 0 Å². The van der Waals surface area contributed by atoms with Gasteiger partial charge in [0.1, 0.15) is 17.1 Å². The van der Waals surface area contributed by atoms with Gasteiger partial charge in [0.05, 0.1) is 25.1 Å². The number of amides is 4. The molecule has 0 aliphatic carbocycles. The van der Waals surface area contributed by atoms with Crippen LogP contribution in [0, 0.1) is 0 Å². The third-order valence-corrected chi connectivity index (χ3v) is 4.58. The number of hydrogen-bond acceptors (Lipinski definition) is 5. The summed E-state index contributed by atoms with van der Waals surface area (Å²) in [7, 11) is 0. The van der Waals surface area contributed by atoms with Crippen molar-refractivity contribution >= 4 is 23.9 Å². The van der Waals surface area contributed by atoms with Gasteiger partial charge in [-0.15, -0.1) is 0 Å². The fourth-order valence-electron chi connectivity index (χ4n) is 3.21. The molecular formula is C22H19N3O5. The van der Waals surface area contributed by atoms with Gasteiger partial charge in [-0.25, -0.2) is 4.79 Å². The Balaban J connectivity index is 1.70. The number of imide groups is 2. The number of furan rings is 1. The van der Waals surface area contributed by atoms with Crippen LogP contribution in [0.4, 0.5) is 4.79 Å². The molecular weight excluding hydrogens is 386 g/mol. The van der Waals surface area contributed by atoms with Crippen LogP contribution in [0.1, 0.15) is 18.4 Å². The highest BCUT2D eigenvalue weighted by molar-refractivity contribution is 6.30. The van der Waals surface area contributed by atoms with E-state index in [2.05, 4.69) is 5.32 Å². The van der Waals surface area contributed by atoms with Crippen molar-refractivity contribution in [2.45, 2.75) is 13.5 Å². The fourth-order valence-corrected chi connectivity index (χ4v) is 3.21. The van der Waals surface area contributed by atoms with Gasteiger partial charge in [0.25, 0.3) is 11.8 Å². The van der Waals surface area contributed by atoms with E-state index in [-0.39, 0.29) is 12.1 Å². The third-order valence-electron chi connectivity index (χ3n) is 4.58. The number of nitrogens with zero attached hydrogens (tertiary/aromatic N) is 2. The van der Waals surface area contributed by atoms with Crippen LogP contribution in [0.5, 0.6) is 5.75 Å². The predicted molar refractivity (Wildman–Crippen MR) is 108 cm³/mol. The number of urea groups is 1. The maximum absolute atomic E-state index is 12.9. The maximum atomic E-state index is 12.9. The zero-order valence-corrected chi connectivity index (χ0v) is 16.2. The summed E-state index contributed by atoms with van der Waals surface area (Å²) in [5.41, 5.74) is 1.21. The standard InChI is InChI=1S/C22H19N3O5/c1-2-29-19-10-4-3-9-18(19)24-11-5-7-15(24)13-17-20(26)23-22(28)25(21(17)27)14-16-8-6-12-30-16/h3-13H,2,14H2,1H3,(H,23,26,28). The first kappa shape index (κ1) is 19.3. The van der Waals surface area contributed by atoms with Crippen molar-refractivity contribution in [1.29, 1.82) is 0 Å². The van der Waals surface area contributed by atoms with Gasteiger partial charge in [-0.2, -0.15) is 0 Å². The zero-order valence-electron chi connectivity index (χ0n) is 16.2. The van der Waals surface area contributed by atoms with Gasteiger partial charge in [0, 0.05) is 11.9 Å². The average Bonchev–Trinajstić information content (AvgIpc) is 3.41. The van der Waals surface area contributed by atoms with Gasteiger partial charge in [-0.05, 0) is 49.4 Å². The molecule has 1 aliphatic rings. The van der Waals surface area contributed by atoms with Crippen molar-refractivity contribution in [2.75, 3.05) is 6.61 Å². The van der Waals surface area contributed by atoms with Gasteiger partial charge in [-0.1, -0.05) is 12.1 Å². The van der Waals surface area contributed by atoms with Crippen LogP contribution in [0.15, 0.2) is 71.0 Å². The third kappa shape index (κ3) is 3.62. The number of aromatic nitrogens is 1. The van der Waals surface area contributed by atoms with Gasteiger partial charge >= 0.3 is 6.03 Å². The molecule has 4 amide bonds. The van der Waals surface area contributed by atoms with E-state index in [0.29, 0.717) is 23.8 Å². The smallest absolute Gasteiger partial charge is 0.331 e. The summed E-state index contributed by atoms with van der Waals surface area (Å²) in [4.78, 5) is 38.4. The molecule has 0 atom stereocenters. The topological polar surface area (TPSA) is 93.8 Å². The Morgan fingerprint density at radius 2 is 1.90 bits per heavy atom. The van der Waals surface area contributed by atoms with E-state index in [1.54, 1.807) is 30.5 Å². The summed E-state index contributed by atoms with van der Waals surface area (Å²) >= 11 is 0. The number of para-hydroxylation sites is 2. The number of barbiturate groups is 1. The van der Waals surface area contributed by atoms with E-state index in [0.717, 1.165) is 10.6 Å². The average molecular weight is 405 g/mol. The summed E-state index contributed by atoms with van der Waals surface area (Å²) in [5, 5.41) is 2.21. The first-order valence-corrected chi connectivity index (χ1v) is 9.39. The largest absolute Gasteiger partial charge is 0.492 e. The number of ether oxygens (including phenoxy) is 1. The van der Waals surface area contributed by atoms with E-state index >= 15 is 0 Å². The zero-order chi connectivity index (χ0) is 21.1. The number of hydrogen-bond donors (Lipinski definition) is 1. The minimum atomic E-state index is -0.782. The number of nitrogens with one attached hydrogen (secondary N) is 1. The molecule has 1 fully saturated rings. The van der Waals surface area contributed by atoms with Crippen molar-refractivity contribution in [3.8, 4) is 11.4 Å². The molecule has 152 valence electrons. The second-order valence-corrected chi connectivity index (χ2v) is 6.49. The Hall–Kier alpha value is -4.07. The highest BCUT2D eigenvalue weighted by Crippen LogP contribution is 2.26. The van der Waals surface area contributed by atoms with E-state index in [1.807, 2.05) is 35.8 Å². The molecule has 8 heteroatoms. The van der Waals surface area contributed by atoms with Crippen LogP contribution in [-0.2, 0) is 16.1 Å². The van der Waals surface area contributed by atoms with Crippen molar-refractivity contribution < 1.29 is 23.5 Å². The Morgan fingerprint density at radius 1 is 1.07 bits per heavy atom. The molecule has 30 heavy (non-hydrogen) atoms. The molecule has 1 saturated heterocycles. The fraction of sp³-hybridized carbons (Fsp3) is 0.136. The molecule has 0 radical (unpaired) electrons. The molecule has 4 rings (SSSR count). The Bertz CT molecular complexity index is 1130. The number of carbonyl (C=O) groups is 3. The van der Waals surface area contributed by atoms with Crippen LogP contribution in [-0.4, -0.2) is 33.9 Å². The van der Waals surface area contributed by atoms with E-state index in [4.69, 9.17) is 9.15 Å². The minimum Gasteiger partial charge on any atom is -0.492 e. The number of rotatable bonds is 6. The van der Waals surface area contributed by atoms with E-state index < -0.39 is 17.8 Å². The van der Waals surface area contributed by atoms with Gasteiger partial charge < -0.3 is 13.7 Å². The van der Waals surface area contributed by atoms with E-state index in [9.17, 15) is 14.4 Å². The SMILES string of the molecule is CCOc1ccccc1-n1cccc1C=C1C(=O)NC(=O)N(Cc2ccco2)C1=O. The highest BCUT2D eigenvalue weighted by atomic mass is 16.5. The van der Waals surface area contributed by atoms with Crippen LogP contribution in [0.2, 0.25) is 0 Å². The summed E-state index contributed by atoms with van der Waals surface area (Å²) < 4.78 is 12.7. The molecule has 3 aromatic rings. The van der Waals surface area contributed by atoms with Crippen LogP contribution < -0.4 is 10.1 Å². The molecule has 0 spiro atoms. The van der Waals surface area contributed by atoms with Crippen LogP contribution in [0.25, 0.3) is 11.8 Å².